The number of nitrogens with zero attached hydrogens (tertiary/aromatic N) is 5. The molecule has 0 bridgehead atoms. The fraction of sp³-hybridized carbons (Fsp3) is 0.267. The highest BCUT2D eigenvalue weighted by Gasteiger charge is 2.34. The van der Waals surface area contributed by atoms with Gasteiger partial charge in [0.05, 0.1) is 18.2 Å². The molecule has 1 fully saturated rings. The van der Waals surface area contributed by atoms with Gasteiger partial charge in [-0.1, -0.05) is 18.2 Å². The molecule has 1 aliphatic rings. The standard InChI is InChI=1S/C15H16N8O2/c24-14(12-7-17-20-13(12)23-9-18-21-22-23)16-6-11-8-25-15(19-11)10-4-2-1-3-5-10/h1-5,8-9,12-13,17,20H,6-7H2,(H,16,24). The van der Waals surface area contributed by atoms with E-state index in [9.17, 15) is 4.79 Å². The predicted molar refractivity (Wildman–Crippen MR) is 85.3 cm³/mol. The van der Waals surface area contributed by atoms with E-state index < -0.39 is 0 Å². The topological polar surface area (TPSA) is 123 Å². The van der Waals surface area contributed by atoms with Gasteiger partial charge in [-0.3, -0.25) is 10.2 Å². The SMILES string of the molecule is O=C(NCc1coc(-c2ccccc2)n1)C1CNNC1n1cnnn1. The molecule has 0 spiro atoms. The molecule has 2 aromatic heterocycles. The third-order valence-corrected chi connectivity index (χ3v) is 3.96. The molecule has 1 aromatic carbocycles. The first-order valence-corrected chi connectivity index (χ1v) is 7.79. The van der Waals surface area contributed by atoms with Gasteiger partial charge in [0.2, 0.25) is 11.8 Å². The molecule has 10 nitrogen and oxygen atoms in total. The minimum Gasteiger partial charge on any atom is -0.444 e. The Morgan fingerprint density at radius 1 is 1.36 bits per heavy atom. The van der Waals surface area contributed by atoms with Crippen molar-refractivity contribution < 1.29 is 9.21 Å². The summed E-state index contributed by atoms with van der Waals surface area (Å²) in [5.74, 6) is 0.0619. The molecule has 0 saturated carbocycles. The van der Waals surface area contributed by atoms with Crippen LogP contribution in [0, 0.1) is 5.92 Å². The van der Waals surface area contributed by atoms with Crippen molar-refractivity contribution >= 4 is 5.91 Å². The van der Waals surface area contributed by atoms with Gasteiger partial charge in [-0.25, -0.2) is 15.1 Å². The maximum atomic E-state index is 12.5. The van der Waals surface area contributed by atoms with Crippen molar-refractivity contribution in [2.75, 3.05) is 6.54 Å². The fourth-order valence-corrected chi connectivity index (χ4v) is 2.68. The number of hydrogen-bond acceptors (Lipinski definition) is 8. The molecule has 3 aromatic rings. The number of hydrogen-bond donors (Lipinski definition) is 3. The number of carbonyl (C=O) groups excluding carboxylic acids is 1. The quantitative estimate of drug-likeness (QED) is 0.587. The predicted octanol–water partition coefficient (Wildman–Crippen LogP) is -0.133. The third kappa shape index (κ3) is 3.25. The van der Waals surface area contributed by atoms with Crippen LogP contribution in [0.15, 0.2) is 47.3 Å². The highest BCUT2D eigenvalue weighted by molar-refractivity contribution is 5.79. The van der Waals surface area contributed by atoms with Gasteiger partial charge in [0.15, 0.2) is 0 Å². The third-order valence-electron chi connectivity index (χ3n) is 3.96. The van der Waals surface area contributed by atoms with Crippen LogP contribution in [0.3, 0.4) is 0 Å². The summed E-state index contributed by atoms with van der Waals surface area (Å²) >= 11 is 0. The summed E-state index contributed by atoms with van der Waals surface area (Å²) in [5.41, 5.74) is 7.49. The number of tetrazole rings is 1. The molecule has 3 heterocycles. The number of carbonyl (C=O) groups is 1. The molecule has 128 valence electrons. The Kier molecular flexibility index (Phi) is 4.19. The number of rotatable bonds is 5. The van der Waals surface area contributed by atoms with Crippen molar-refractivity contribution in [1.82, 2.24) is 41.4 Å². The Labute approximate surface area is 142 Å². The van der Waals surface area contributed by atoms with E-state index in [1.165, 1.54) is 11.0 Å². The number of amides is 1. The summed E-state index contributed by atoms with van der Waals surface area (Å²) in [6, 6.07) is 9.60. The lowest BCUT2D eigenvalue weighted by atomic mass is 10.1. The van der Waals surface area contributed by atoms with Gasteiger partial charge in [-0.15, -0.1) is 5.10 Å². The van der Waals surface area contributed by atoms with E-state index in [0.717, 1.165) is 5.56 Å². The molecule has 1 saturated heterocycles. The summed E-state index contributed by atoms with van der Waals surface area (Å²) in [5, 5.41) is 13.9. The average Bonchev–Trinajstić information content (AvgIpc) is 3.41. The zero-order valence-corrected chi connectivity index (χ0v) is 13.2. The molecule has 1 amide bonds. The van der Waals surface area contributed by atoms with Crippen molar-refractivity contribution in [3.05, 3.63) is 48.6 Å². The van der Waals surface area contributed by atoms with E-state index in [-0.39, 0.29) is 24.5 Å². The fourth-order valence-electron chi connectivity index (χ4n) is 2.68. The smallest absolute Gasteiger partial charge is 0.228 e. The second kappa shape index (κ2) is 6.79. The van der Waals surface area contributed by atoms with Gasteiger partial charge in [0.1, 0.15) is 18.8 Å². The van der Waals surface area contributed by atoms with Crippen LogP contribution in [-0.4, -0.2) is 37.6 Å². The Bertz CT molecular complexity index is 832. The Hall–Kier alpha value is -3.11. The van der Waals surface area contributed by atoms with Crippen LogP contribution in [0.4, 0.5) is 0 Å². The van der Waals surface area contributed by atoms with Crippen LogP contribution >= 0.6 is 0 Å². The monoisotopic (exact) mass is 340 g/mol. The van der Waals surface area contributed by atoms with E-state index in [2.05, 4.69) is 36.7 Å². The summed E-state index contributed by atoms with van der Waals surface area (Å²) < 4.78 is 6.98. The molecule has 25 heavy (non-hydrogen) atoms. The zero-order valence-electron chi connectivity index (χ0n) is 13.2. The van der Waals surface area contributed by atoms with Gasteiger partial charge < -0.3 is 9.73 Å². The number of oxazole rings is 1. The van der Waals surface area contributed by atoms with Gasteiger partial charge in [-0.2, -0.15) is 0 Å². The molecule has 0 aliphatic carbocycles. The molecule has 10 heteroatoms. The van der Waals surface area contributed by atoms with Crippen LogP contribution in [0.2, 0.25) is 0 Å². The van der Waals surface area contributed by atoms with Crippen LogP contribution in [0.1, 0.15) is 11.9 Å². The van der Waals surface area contributed by atoms with Crippen LogP contribution < -0.4 is 16.2 Å². The highest BCUT2D eigenvalue weighted by atomic mass is 16.3. The first-order valence-electron chi connectivity index (χ1n) is 7.79. The second-order valence-corrected chi connectivity index (χ2v) is 5.59. The summed E-state index contributed by atoms with van der Waals surface area (Å²) in [6.07, 6.45) is 2.67. The van der Waals surface area contributed by atoms with Gasteiger partial charge in [0.25, 0.3) is 0 Å². The van der Waals surface area contributed by atoms with E-state index in [1.807, 2.05) is 30.3 Å². The first-order chi connectivity index (χ1) is 12.3. The van der Waals surface area contributed by atoms with Crippen LogP contribution in [0.5, 0.6) is 0 Å². The number of aromatic nitrogens is 5. The number of nitrogens with one attached hydrogen (secondary N) is 3. The van der Waals surface area contributed by atoms with Crippen molar-refractivity contribution in [3.8, 4) is 11.5 Å². The van der Waals surface area contributed by atoms with Gasteiger partial charge in [0, 0.05) is 12.1 Å². The average molecular weight is 340 g/mol. The summed E-state index contributed by atoms with van der Waals surface area (Å²) in [6.45, 7) is 0.762. The largest absolute Gasteiger partial charge is 0.444 e. The van der Waals surface area contributed by atoms with E-state index in [4.69, 9.17) is 4.42 Å². The van der Waals surface area contributed by atoms with E-state index >= 15 is 0 Å². The molecular weight excluding hydrogens is 324 g/mol. The molecule has 0 radical (unpaired) electrons. The normalized spacial score (nSPS) is 19.8. The van der Waals surface area contributed by atoms with Gasteiger partial charge in [-0.05, 0) is 22.6 Å². The minimum absolute atomic E-state index is 0.123. The number of benzene rings is 1. The Morgan fingerprint density at radius 3 is 3.04 bits per heavy atom. The lowest BCUT2D eigenvalue weighted by molar-refractivity contribution is -0.125. The lowest BCUT2D eigenvalue weighted by Crippen LogP contribution is -2.37. The van der Waals surface area contributed by atoms with E-state index in [1.54, 1.807) is 6.26 Å². The molecule has 4 rings (SSSR count). The maximum absolute atomic E-state index is 12.5. The van der Waals surface area contributed by atoms with Gasteiger partial charge >= 0.3 is 0 Å². The van der Waals surface area contributed by atoms with Crippen LogP contribution in [0.25, 0.3) is 11.5 Å². The zero-order chi connectivity index (χ0) is 17.1. The van der Waals surface area contributed by atoms with Crippen molar-refractivity contribution in [2.45, 2.75) is 12.7 Å². The highest BCUT2D eigenvalue weighted by Crippen LogP contribution is 2.19. The van der Waals surface area contributed by atoms with Crippen molar-refractivity contribution in [3.63, 3.8) is 0 Å². The summed E-state index contributed by atoms with van der Waals surface area (Å²) in [4.78, 5) is 16.9. The molecule has 3 N–H and O–H groups in total. The molecular formula is C15H16N8O2. The van der Waals surface area contributed by atoms with E-state index in [0.29, 0.717) is 18.1 Å². The van der Waals surface area contributed by atoms with Crippen molar-refractivity contribution in [1.29, 1.82) is 0 Å². The molecule has 2 atom stereocenters. The number of hydrazine groups is 1. The minimum atomic E-state index is -0.344. The first kappa shape index (κ1) is 15.4. The summed E-state index contributed by atoms with van der Waals surface area (Å²) in [7, 11) is 0. The Balaban J connectivity index is 1.38. The molecule has 1 aliphatic heterocycles. The van der Waals surface area contributed by atoms with Crippen molar-refractivity contribution in [2.24, 2.45) is 5.92 Å². The van der Waals surface area contributed by atoms with Crippen LogP contribution in [-0.2, 0) is 11.3 Å². The maximum Gasteiger partial charge on any atom is 0.228 e. The second-order valence-electron chi connectivity index (χ2n) is 5.59. The Morgan fingerprint density at radius 2 is 2.24 bits per heavy atom. The molecule has 2 unspecified atom stereocenters. The lowest BCUT2D eigenvalue weighted by Gasteiger charge is -2.16.